The molecule has 0 aliphatic carbocycles. The summed E-state index contributed by atoms with van der Waals surface area (Å²) < 4.78 is 22.6. The van der Waals surface area contributed by atoms with Crippen LogP contribution in [-0.2, 0) is 20.4 Å². The maximum absolute atomic E-state index is 12.3. The van der Waals surface area contributed by atoms with Gasteiger partial charge in [0.25, 0.3) is 5.91 Å². The van der Waals surface area contributed by atoms with Crippen molar-refractivity contribution < 1.29 is 18.0 Å². The summed E-state index contributed by atoms with van der Waals surface area (Å²) in [6.45, 7) is 0.727. The average molecular weight is 372 g/mol. The van der Waals surface area contributed by atoms with Crippen LogP contribution in [0.4, 0.5) is 11.4 Å². The molecule has 0 unspecified atom stereocenters. The number of anilines is 2. The maximum Gasteiger partial charge on any atom is 0.255 e. The lowest BCUT2D eigenvalue weighted by Crippen LogP contribution is -2.23. The molecule has 1 aliphatic rings. The molecule has 7 heteroatoms. The van der Waals surface area contributed by atoms with Gasteiger partial charge in [-0.15, -0.1) is 0 Å². The van der Waals surface area contributed by atoms with Crippen molar-refractivity contribution in [2.45, 2.75) is 18.6 Å². The molecule has 26 heavy (non-hydrogen) atoms. The van der Waals surface area contributed by atoms with Crippen molar-refractivity contribution in [3.63, 3.8) is 0 Å². The van der Waals surface area contributed by atoms with E-state index < -0.39 is 9.84 Å². The Hall–Kier alpha value is -2.67. The van der Waals surface area contributed by atoms with Crippen LogP contribution in [0.15, 0.2) is 48.5 Å². The van der Waals surface area contributed by atoms with Crippen molar-refractivity contribution in [3.8, 4) is 0 Å². The van der Waals surface area contributed by atoms with Gasteiger partial charge in [-0.3, -0.25) is 9.59 Å². The first kappa shape index (κ1) is 18.1. The van der Waals surface area contributed by atoms with Gasteiger partial charge in [0.15, 0.2) is 9.84 Å². The predicted molar refractivity (Wildman–Crippen MR) is 101 cm³/mol. The molecule has 0 aromatic heterocycles. The monoisotopic (exact) mass is 372 g/mol. The summed E-state index contributed by atoms with van der Waals surface area (Å²) in [6, 6.07) is 13.6. The Bertz CT molecular complexity index is 919. The smallest absolute Gasteiger partial charge is 0.255 e. The van der Waals surface area contributed by atoms with Crippen LogP contribution in [0.2, 0.25) is 0 Å². The highest BCUT2D eigenvalue weighted by molar-refractivity contribution is 7.89. The van der Waals surface area contributed by atoms with E-state index in [2.05, 4.69) is 5.32 Å². The number of sulfone groups is 1. The molecule has 0 saturated carbocycles. The number of carbonyl (C=O) groups is 2. The Balaban J connectivity index is 1.65. The van der Waals surface area contributed by atoms with Crippen molar-refractivity contribution in [1.29, 1.82) is 0 Å². The van der Waals surface area contributed by atoms with E-state index in [-0.39, 0.29) is 17.6 Å². The van der Waals surface area contributed by atoms with E-state index in [0.717, 1.165) is 18.7 Å². The summed E-state index contributed by atoms with van der Waals surface area (Å²) in [6.07, 6.45) is 2.62. The Kier molecular flexibility index (Phi) is 5.08. The van der Waals surface area contributed by atoms with Crippen LogP contribution in [0.25, 0.3) is 0 Å². The number of carbonyl (C=O) groups excluding carboxylic acids is 2. The Morgan fingerprint density at radius 2 is 1.73 bits per heavy atom. The summed E-state index contributed by atoms with van der Waals surface area (Å²) in [7, 11) is -3.10. The molecular formula is C19H20N2O4S. The number of benzene rings is 2. The number of nitrogens with one attached hydrogen (secondary N) is 1. The lowest BCUT2D eigenvalue weighted by molar-refractivity contribution is -0.117. The Morgan fingerprint density at radius 1 is 1.08 bits per heavy atom. The third kappa shape index (κ3) is 4.49. The normalized spacial score (nSPS) is 14.5. The Labute approximate surface area is 152 Å². The molecule has 3 rings (SSSR count). The van der Waals surface area contributed by atoms with Crippen molar-refractivity contribution in [1.82, 2.24) is 0 Å². The first-order valence-electron chi connectivity index (χ1n) is 8.30. The van der Waals surface area contributed by atoms with Crippen LogP contribution < -0.4 is 10.2 Å². The van der Waals surface area contributed by atoms with Crippen LogP contribution in [0, 0.1) is 0 Å². The fourth-order valence-electron chi connectivity index (χ4n) is 2.90. The molecule has 0 atom stereocenters. The topological polar surface area (TPSA) is 83.6 Å². The third-order valence-corrected chi connectivity index (χ3v) is 5.01. The van der Waals surface area contributed by atoms with Crippen molar-refractivity contribution in [2.24, 2.45) is 0 Å². The molecule has 2 aromatic rings. The van der Waals surface area contributed by atoms with Gasteiger partial charge < -0.3 is 10.2 Å². The van der Waals surface area contributed by atoms with E-state index in [0.29, 0.717) is 23.2 Å². The number of nitrogens with zero attached hydrogens (tertiary/aromatic N) is 1. The maximum atomic E-state index is 12.3. The second kappa shape index (κ2) is 7.29. The largest absolute Gasteiger partial charge is 0.322 e. The van der Waals surface area contributed by atoms with Gasteiger partial charge in [0, 0.05) is 36.2 Å². The average Bonchev–Trinajstić information content (AvgIpc) is 3.01. The van der Waals surface area contributed by atoms with E-state index >= 15 is 0 Å². The van der Waals surface area contributed by atoms with Crippen LogP contribution in [0.3, 0.4) is 0 Å². The highest BCUT2D eigenvalue weighted by atomic mass is 32.2. The summed E-state index contributed by atoms with van der Waals surface area (Å²) in [5, 5.41) is 2.79. The van der Waals surface area contributed by atoms with Crippen LogP contribution in [-0.4, -0.2) is 33.0 Å². The minimum absolute atomic E-state index is 0.0500. The van der Waals surface area contributed by atoms with Gasteiger partial charge in [-0.05, 0) is 48.4 Å². The SMILES string of the molecule is CS(=O)(=O)Cc1ccc(C(=O)Nc2ccc(N3CCCC3=O)cc2)cc1. The molecule has 0 spiro atoms. The zero-order valence-corrected chi connectivity index (χ0v) is 15.3. The second-order valence-electron chi connectivity index (χ2n) is 6.42. The van der Waals surface area contributed by atoms with Crippen molar-refractivity contribution in [2.75, 3.05) is 23.0 Å². The molecule has 1 heterocycles. The van der Waals surface area contributed by atoms with E-state index in [1.54, 1.807) is 41.3 Å². The van der Waals surface area contributed by atoms with Crippen LogP contribution >= 0.6 is 0 Å². The number of hydrogen-bond donors (Lipinski definition) is 1. The summed E-state index contributed by atoms with van der Waals surface area (Å²) in [5.41, 5.74) is 2.55. The van der Waals surface area contributed by atoms with Gasteiger partial charge in [-0.1, -0.05) is 12.1 Å². The molecule has 1 fully saturated rings. The lowest BCUT2D eigenvalue weighted by Gasteiger charge is -2.16. The van der Waals surface area contributed by atoms with Gasteiger partial charge in [0.05, 0.1) is 5.75 Å². The summed E-state index contributed by atoms with van der Waals surface area (Å²) in [4.78, 5) is 25.8. The number of rotatable bonds is 5. The summed E-state index contributed by atoms with van der Waals surface area (Å²) in [5.74, 6) is -0.206. The number of amides is 2. The zero-order valence-electron chi connectivity index (χ0n) is 14.4. The molecule has 2 amide bonds. The molecule has 1 saturated heterocycles. The van der Waals surface area contributed by atoms with Gasteiger partial charge in [-0.2, -0.15) is 0 Å². The molecule has 0 bridgehead atoms. The minimum Gasteiger partial charge on any atom is -0.322 e. The van der Waals surface area contributed by atoms with Crippen LogP contribution in [0.1, 0.15) is 28.8 Å². The quantitative estimate of drug-likeness (QED) is 0.874. The first-order chi connectivity index (χ1) is 12.3. The fourth-order valence-corrected chi connectivity index (χ4v) is 3.70. The van der Waals surface area contributed by atoms with E-state index in [4.69, 9.17) is 0 Å². The zero-order chi connectivity index (χ0) is 18.7. The van der Waals surface area contributed by atoms with Crippen LogP contribution in [0.5, 0.6) is 0 Å². The predicted octanol–water partition coefficient (Wildman–Crippen LogP) is 2.61. The molecule has 1 N–H and O–H groups in total. The van der Waals surface area contributed by atoms with Crippen molar-refractivity contribution >= 4 is 33.0 Å². The highest BCUT2D eigenvalue weighted by Gasteiger charge is 2.21. The molecule has 2 aromatic carbocycles. The van der Waals surface area contributed by atoms with Gasteiger partial charge in [0.2, 0.25) is 5.91 Å². The fraction of sp³-hybridized carbons (Fsp3) is 0.263. The van der Waals surface area contributed by atoms with E-state index in [1.807, 2.05) is 12.1 Å². The second-order valence-corrected chi connectivity index (χ2v) is 8.56. The first-order valence-corrected chi connectivity index (χ1v) is 10.4. The van der Waals surface area contributed by atoms with E-state index in [1.165, 1.54) is 6.26 Å². The number of hydrogen-bond acceptors (Lipinski definition) is 4. The Morgan fingerprint density at radius 3 is 2.27 bits per heavy atom. The van der Waals surface area contributed by atoms with Gasteiger partial charge in [0.1, 0.15) is 0 Å². The van der Waals surface area contributed by atoms with Crippen molar-refractivity contribution in [3.05, 3.63) is 59.7 Å². The highest BCUT2D eigenvalue weighted by Crippen LogP contribution is 2.23. The van der Waals surface area contributed by atoms with Gasteiger partial charge in [-0.25, -0.2) is 8.42 Å². The van der Waals surface area contributed by atoms with Gasteiger partial charge >= 0.3 is 0 Å². The minimum atomic E-state index is -3.10. The molecule has 0 radical (unpaired) electrons. The molecule has 6 nitrogen and oxygen atoms in total. The van der Waals surface area contributed by atoms with E-state index in [9.17, 15) is 18.0 Å². The standard InChI is InChI=1S/C19H20N2O4S/c1-26(24,25)13-14-4-6-15(7-5-14)19(23)20-16-8-10-17(11-9-16)21-12-2-3-18(21)22/h4-11H,2-3,12-13H2,1H3,(H,20,23). The molecule has 136 valence electrons. The third-order valence-electron chi connectivity index (χ3n) is 4.16. The molecule has 1 aliphatic heterocycles. The lowest BCUT2D eigenvalue weighted by atomic mass is 10.1. The summed E-state index contributed by atoms with van der Waals surface area (Å²) >= 11 is 0. The molecular weight excluding hydrogens is 352 g/mol.